The second-order valence-corrected chi connectivity index (χ2v) is 1.89. The van der Waals surface area contributed by atoms with Crippen molar-refractivity contribution in [1.29, 1.82) is 0 Å². The molecule has 0 aromatic carbocycles. The summed E-state index contributed by atoms with van der Waals surface area (Å²) in [4.78, 5) is 12.9. The van der Waals surface area contributed by atoms with Crippen LogP contribution in [0.5, 0.6) is 0 Å². The smallest absolute Gasteiger partial charge is 0.146 e. The minimum absolute atomic E-state index is 0.715. The number of allylic oxidation sites excluding steroid dienone is 1. The van der Waals surface area contributed by atoms with Crippen LogP contribution in [0.4, 0.5) is 5.82 Å². The Hall–Kier alpha value is -1.97. The zero-order valence-electron chi connectivity index (χ0n) is 8.97. The summed E-state index contributed by atoms with van der Waals surface area (Å²) in [6, 6.07) is 5.53. The molecular weight excluding hydrogens is 192 g/mol. The molecule has 3 N–H and O–H groups in total. The van der Waals surface area contributed by atoms with Crippen LogP contribution >= 0.6 is 0 Å². The van der Waals surface area contributed by atoms with Crippen LogP contribution in [-0.4, -0.2) is 24.7 Å². The maximum atomic E-state index is 8.99. The van der Waals surface area contributed by atoms with E-state index in [4.69, 9.17) is 4.79 Å². The Morgan fingerprint density at radius 1 is 1.60 bits per heavy atom. The summed E-state index contributed by atoms with van der Waals surface area (Å²) in [5, 5.41) is 3.44. The molecule has 0 saturated carbocycles. The second kappa shape index (κ2) is 14.5. The van der Waals surface area contributed by atoms with Gasteiger partial charge in [0.1, 0.15) is 11.8 Å². The van der Waals surface area contributed by atoms with Gasteiger partial charge < -0.3 is 5.73 Å². The molecule has 0 fully saturated rings. The van der Waals surface area contributed by atoms with Crippen LogP contribution in [-0.2, 0) is 4.79 Å². The van der Waals surface area contributed by atoms with Gasteiger partial charge in [0.05, 0.1) is 0 Å². The van der Waals surface area contributed by atoms with Gasteiger partial charge in [0, 0.05) is 12.9 Å². The molecule has 0 atom stereocenters. The number of nitrogens with zero attached hydrogens (tertiary/aromatic N) is 2. The van der Waals surface area contributed by atoms with Crippen LogP contribution in [0.1, 0.15) is 6.92 Å². The van der Waals surface area contributed by atoms with E-state index in [2.05, 4.69) is 28.0 Å². The SMILES string of the molecule is C=NNc1ccccn1.CC=C=O.CN. The largest absolute Gasteiger partial charge is 0.333 e. The fourth-order valence-electron chi connectivity index (χ4n) is 0.510. The molecule has 1 heterocycles. The van der Waals surface area contributed by atoms with Crippen LogP contribution in [0.3, 0.4) is 0 Å². The molecule has 0 aliphatic rings. The van der Waals surface area contributed by atoms with Crippen LogP contribution in [0.25, 0.3) is 0 Å². The Kier molecular flexibility index (Phi) is 15.0. The second-order valence-electron chi connectivity index (χ2n) is 1.89. The predicted molar refractivity (Wildman–Crippen MR) is 63.5 cm³/mol. The molecule has 0 unspecified atom stereocenters. The molecular formula is C10H16N4O. The lowest BCUT2D eigenvalue weighted by atomic mass is 10.5. The van der Waals surface area contributed by atoms with Crippen molar-refractivity contribution in [3.8, 4) is 0 Å². The van der Waals surface area contributed by atoms with Gasteiger partial charge >= 0.3 is 0 Å². The van der Waals surface area contributed by atoms with Crippen molar-refractivity contribution in [3.63, 3.8) is 0 Å². The molecule has 5 heteroatoms. The molecule has 1 rings (SSSR count). The molecule has 1 aromatic heterocycles. The minimum Gasteiger partial charge on any atom is -0.333 e. The van der Waals surface area contributed by atoms with Gasteiger partial charge in [-0.1, -0.05) is 6.07 Å². The standard InChI is InChI=1S/C6H7N3.C3H4O.CH5N/c1-7-9-6-4-2-3-5-8-6;1-2-3-4;1-2/h2-5H,1H2,(H,8,9);2H,1H3;2H2,1H3. The Balaban J connectivity index is 0. The van der Waals surface area contributed by atoms with E-state index in [-0.39, 0.29) is 0 Å². The van der Waals surface area contributed by atoms with E-state index in [1.165, 1.54) is 13.1 Å². The number of hydrazone groups is 1. The van der Waals surface area contributed by atoms with E-state index in [9.17, 15) is 0 Å². The fourth-order valence-corrected chi connectivity index (χ4v) is 0.510. The van der Waals surface area contributed by atoms with E-state index in [1.807, 2.05) is 18.2 Å². The number of carbonyl (C=O) groups excluding carboxylic acids is 1. The number of hydrogen-bond donors (Lipinski definition) is 2. The van der Waals surface area contributed by atoms with Crippen LogP contribution < -0.4 is 11.2 Å². The lowest BCUT2D eigenvalue weighted by molar-refractivity contribution is 0.568. The lowest BCUT2D eigenvalue weighted by Gasteiger charge is -1.93. The van der Waals surface area contributed by atoms with Gasteiger partial charge in [0.2, 0.25) is 0 Å². The number of anilines is 1. The zero-order chi connectivity index (χ0) is 11.9. The molecule has 5 nitrogen and oxygen atoms in total. The fraction of sp³-hybridized carbons (Fsp3) is 0.200. The molecule has 0 spiro atoms. The summed E-state index contributed by atoms with van der Waals surface area (Å²) in [6.45, 7) is 4.89. The summed E-state index contributed by atoms with van der Waals surface area (Å²) < 4.78 is 0. The average molecular weight is 208 g/mol. The highest BCUT2D eigenvalue weighted by Gasteiger charge is 1.82. The van der Waals surface area contributed by atoms with E-state index in [0.29, 0.717) is 5.82 Å². The molecule has 82 valence electrons. The van der Waals surface area contributed by atoms with Crippen molar-refractivity contribution in [1.82, 2.24) is 4.98 Å². The third-order valence-electron chi connectivity index (χ3n) is 0.976. The monoisotopic (exact) mass is 208 g/mol. The van der Waals surface area contributed by atoms with Crippen molar-refractivity contribution < 1.29 is 4.79 Å². The first-order valence-electron chi connectivity index (χ1n) is 4.21. The van der Waals surface area contributed by atoms with Gasteiger partial charge in [-0.3, -0.25) is 5.43 Å². The molecule has 0 bridgehead atoms. The number of nitrogens with two attached hydrogens (primary N) is 1. The molecule has 0 saturated heterocycles. The summed E-state index contributed by atoms with van der Waals surface area (Å²) in [5.41, 5.74) is 7.11. The quantitative estimate of drug-likeness (QED) is 0.433. The summed E-state index contributed by atoms with van der Waals surface area (Å²) >= 11 is 0. The third-order valence-corrected chi connectivity index (χ3v) is 0.976. The lowest BCUT2D eigenvalue weighted by Crippen LogP contribution is -1.87. The number of hydrogen-bond acceptors (Lipinski definition) is 5. The summed E-state index contributed by atoms with van der Waals surface area (Å²) in [5.74, 6) is 2.27. The predicted octanol–water partition coefficient (Wildman–Crippen LogP) is 1.08. The van der Waals surface area contributed by atoms with Gasteiger partial charge in [-0.25, -0.2) is 9.78 Å². The van der Waals surface area contributed by atoms with Gasteiger partial charge in [-0.05, 0) is 32.2 Å². The number of rotatable bonds is 2. The maximum absolute atomic E-state index is 8.99. The van der Waals surface area contributed by atoms with Crippen molar-refractivity contribution >= 4 is 18.5 Å². The molecule has 15 heavy (non-hydrogen) atoms. The first kappa shape index (κ1) is 15.5. The normalized spacial score (nSPS) is 6.60. The van der Waals surface area contributed by atoms with Gasteiger partial charge in [0.25, 0.3) is 0 Å². The van der Waals surface area contributed by atoms with Crippen molar-refractivity contribution in [2.45, 2.75) is 6.92 Å². The number of nitrogens with one attached hydrogen (secondary N) is 1. The van der Waals surface area contributed by atoms with Gasteiger partial charge in [0.15, 0.2) is 0 Å². The van der Waals surface area contributed by atoms with Crippen molar-refractivity contribution in [3.05, 3.63) is 30.5 Å². The number of pyridine rings is 1. The van der Waals surface area contributed by atoms with E-state index in [0.717, 1.165) is 0 Å². The first-order valence-corrected chi connectivity index (χ1v) is 4.21. The van der Waals surface area contributed by atoms with E-state index >= 15 is 0 Å². The summed E-state index contributed by atoms with van der Waals surface area (Å²) in [6.07, 6.45) is 3.01. The molecule has 1 aromatic rings. The Morgan fingerprint density at radius 3 is 2.53 bits per heavy atom. The molecule has 0 aliphatic carbocycles. The zero-order valence-corrected chi connectivity index (χ0v) is 8.97. The molecule has 0 amide bonds. The minimum atomic E-state index is 0.715. The van der Waals surface area contributed by atoms with Gasteiger partial charge in [-0.15, -0.1) is 0 Å². The third kappa shape index (κ3) is 12.0. The average Bonchev–Trinajstić information content (AvgIpc) is 2.34. The highest BCUT2D eigenvalue weighted by Crippen LogP contribution is 1.97. The van der Waals surface area contributed by atoms with E-state index < -0.39 is 0 Å². The Labute approximate surface area is 89.7 Å². The van der Waals surface area contributed by atoms with Gasteiger partial charge in [-0.2, -0.15) is 5.10 Å². The number of aromatic nitrogens is 1. The van der Waals surface area contributed by atoms with Crippen molar-refractivity contribution in [2.75, 3.05) is 12.5 Å². The molecule has 0 aliphatic heterocycles. The molecule has 0 radical (unpaired) electrons. The van der Waals surface area contributed by atoms with Crippen molar-refractivity contribution in [2.24, 2.45) is 10.8 Å². The highest BCUT2D eigenvalue weighted by atomic mass is 16.1. The first-order chi connectivity index (χ1) is 7.35. The summed E-state index contributed by atoms with van der Waals surface area (Å²) in [7, 11) is 1.50. The van der Waals surface area contributed by atoms with Crippen LogP contribution in [0.2, 0.25) is 0 Å². The topological polar surface area (TPSA) is 80.4 Å². The maximum Gasteiger partial charge on any atom is 0.146 e. The van der Waals surface area contributed by atoms with Crippen LogP contribution in [0, 0.1) is 0 Å². The Morgan fingerprint density at radius 2 is 2.20 bits per heavy atom. The van der Waals surface area contributed by atoms with E-state index in [1.54, 1.807) is 19.1 Å². The van der Waals surface area contributed by atoms with Crippen LogP contribution in [0.15, 0.2) is 35.6 Å². The highest BCUT2D eigenvalue weighted by molar-refractivity contribution is 5.43. The Bertz CT molecular complexity index is 281.